The van der Waals surface area contributed by atoms with Crippen molar-refractivity contribution in [1.29, 1.82) is 0 Å². The van der Waals surface area contributed by atoms with Crippen molar-refractivity contribution in [2.75, 3.05) is 23.5 Å². The van der Waals surface area contributed by atoms with Gasteiger partial charge in [-0.1, -0.05) is 36.9 Å². The van der Waals surface area contributed by atoms with E-state index in [1.54, 1.807) is 19.2 Å². The number of rotatable bonds is 7. The number of aryl methyl sites for hydroxylation is 1. The predicted molar refractivity (Wildman–Crippen MR) is 124 cm³/mol. The number of ether oxygens (including phenoxy) is 1. The first kappa shape index (κ1) is 22.5. The summed E-state index contributed by atoms with van der Waals surface area (Å²) in [6.45, 7) is 1.87. The smallest absolute Gasteiger partial charge is 0.234 e. The van der Waals surface area contributed by atoms with Crippen LogP contribution >= 0.6 is 23.4 Å². The lowest BCUT2D eigenvalue weighted by molar-refractivity contribution is -0.120. The first-order valence-corrected chi connectivity index (χ1v) is 11.5. The predicted octanol–water partition coefficient (Wildman–Crippen LogP) is 5.91. The van der Waals surface area contributed by atoms with Gasteiger partial charge in [0.25, 0.3) is 0 Å². The Balaban J connectivity index is 1.56. The molecule has 0 radical (unpaired) electrons. The van der Waals surface area contributed by atoms with E-state index in [-0.39, 0.29) is 23.5 Å². The molecule has 2 N–H and O–H groups in total. The van der Waals surface area contributed by atoms with Crippen LogP contribution in [0, 0.1) is 12.8 Å². The molecule has 30 heavy (non-hydrogen) atoms. The van der Waals surface area contributed by atoms with Crippen LogP contribution in [0.2, 0.25) is 5.02 Å². The van der Waals surface area contributed by atoms with Crippen molar-refractivity contribution in [2.24, 2.45) is 5.92 Å². The van der Waals surface area contributed by atoms with Crippen molar-refractivity contribution in [1.82, 2.24) is 0 Å². The molecule has 0 saturated heterocycles. The van der Waals surface area contributed by atoms with Gasteiger partial charge in [-0.05, 0) is 49.6 Å². The second kappa shape index (κ2) is 10.7. The van der Waals surface area contributed by atoms with Crippen LogP contribution in [0.15, 0.2) is 41.3 Å². The van der Waals surface area contributed by atoms with E-state index in [2.05, 4.69) is 10.6 Å². The lowest BCUT2D eigenvalue weighted by atomic mass is 9.88. The second-order valence-corrected chi connectivity index (χ2v) is 8.95. The van der Waals surface area contributed by atoms with Crippen molar-refractivity contribution < 1.29 is 14.3 Å². The fourth-order valence-electron chi connectivity index (χ4n) is 3.54. The number of hydrogen-bond acceptors (Lipinski definition) is 4. The van der Waals surface area contributed by atoms with Crippen LogP contribution in [-0.2, 0) is 9.59 Å². The molecule has 0 bridgehead atoms. The molecule has 3 rings (SSSR count). The number of carbonyl (C=O) groups is 2. The Morgan fingerprint density at radius 1 is 1.13 bits per heavy atom. The topological polar surface area (TPSA) is 67.4 Å². The standard InChI is InChI=1S/C23H27ClN2O3S/c1-15-11-20(21(29-2)13-19(15)24)26-22(27)14-30-18-10-6-9-17(12-18)25-23(28)16-7-4-3-5-8-16/h6,9-13,16H,3-5,7-8,14H2,1-2H3,(H,25,28)(H,26,27). The molecule has 5 nitrogen and oxygen atoms in total. The monoisotopic (exact) mass is 446 g/mol. The molecule has 0 spiro atoms. The number of amides is 2. The summed E-state index contributed by atoms with van der Waals surface area (Å²) in [7, 11) is 1.54. The molecule has 0 atom stereocenters. The number of thioether (sulfide) groups is 1. The number of anilines is 2. The van der Waals surface area contributed by atoms with Crippen LogP contribution in [0.25, 0.3) is 0 Å². The van der Waals surface area contributed by atoms with Crippen LogP contribution in [-0.4, -0.2) is 24.7 Å². The number of hydrogen-bond donors (Lipinski definition) is 2. The Bertz CT molecular complexity index is 913. The van der Waals surface area contributed by atoms with Gasteiger partial charge in [-0.15, -0.1) is 11.8 Å². The van der Waals surface area contributed by atoms with Gasteiger partial charge in [0.15, 0.2) is 0 Å². The SMILES string of the molecule is COc1cc(Cl)c(C)cc1NC(=O)CSc1cccc(NC(=O)C2CCCCC2)c1. The van der Waals surface area contributed by atoms with Gasteiger partial charge in [-0.2, -0.15) is 0 Å². The highest BCUT2D eigenvalue weighted by Crippen LogP contribution is 2.31. The van der Waals surface area contributed by atoms with Gasteiger partial charge in [-0.25, -0.2) is 0 Å². The van der Waals surface area contributed by atoms with Gasteiger partial charge in [0.2, 0.25) is 11.8 Å². The lowest BCUT2D eigenvalue weighted by Crippen LogP contribution is -2.24. The summed E-state index contributed by atoms with van der Waals surface area (Å²) < 4.78 is 5.30. The first-order valence-electron chi connectivity index (χ1n) is 10.1. The summed E-state index contributed by atoms with van der Waals surface area (Å²) in [6, 6.07) is 11.1. The van der Waals surface area contributed by atoms with Crippen LogP contribution in [0.1, 0.15) is 37.7 Å². The van der Waals surface area contributed by atoms with Gasteiger partial charge in [-0.3, -0.25) is 9.59 Å². The number of benzene rings is 2. The van der Waals surface area contributed by atoms with E-state index in [4.69, 9.17) is 16.3 Å². The Hall–Kier alpha value is -2.18. The highest BCUT2D eigenvalue weighted by molar-refractivity contribution is 8.00. The van der Waals surface area contributed by atoms with Gasteiger partial charge >= 0.3 is 0 Å². The molecule has 1 aliphatic carbocycles. The lowest BCUT2D eigenvalue weighted by Gasteiger charge is -2.20. The minimum absolute atomic E-state index is 0.0970. The summed E-state index contributed by atoms with van der Waals surface area (Å²) in [5.41, 5.74) is 2.23. The van der Waals surface area contributed by atoms with E-state index >= 15 is 0 Å². The minimum Gasteiger partial charge on any atom is -0.495 e. The zero-order valence-electron chi connectivity index (χ0n) is 17.3. The maximum Gasteiger partial charge on any atom is 0.234 e. The number of nitrogens with one attached hydrogen (secondary N) is 2. The normalized spacial score (nSPS) is 14.2. The average molecular weight is 447 g/mol. The molecule has 2 aromatic carbocycles. The third-order valence-corrected chi connectivity index (χ3v) is 6.60. The van der Waals surface area contributed by atoms with E-state index in [1.165, 1.54) is 18.2 Å². The molecule has 0 aromatic heterocycles. The van der Waals surface area contributed by atoms with Gasteiger partial charge in [0.1, 0.15) is 5.75 Å². The molecular weight excluding hydrogens is 420 g/mol. The fourth-order valence-corrected chi connectivity index (χ4v) is 4.45. The molecule has 7 heteroatoms. The zero-order valence-corrected chi connectivity index (χ0v) is 18.9. The number of carbonyl (C=O) groups excluding carboxylic acids is 2. The van der Waals surface area contributed by atoms with E-state index < -0.39 is 0 Å². The Morgan fingerprint density at radius 2 is 1.90 bits per heavy atom. The molecule has 1 fully saturated rings. The number of halogens is 1. The molecule has 0 heterocycles. The van der Waals surface area contributed by atoms with Crippen LogP contribution in [0.5, 0.6) is 5.75 Å². The molecular formula is C23H27ClN2O3S. The highest BCUT2D eigenvalue weighted by Gasteiger charge is 2.21. The van der Waals surface area contributed by atoms with E-state index in [1.807, 2.05) is 31.2 Å². The van der Waals surface area contributed by atoms with E-state index in [0.717, 1.165) is 41.8 Å². The van der Waals surface area contributed by atoms with Crippen molar-refractivity contribution in [3.63, 3.8) is 0 Å². The zero-order chi connectivity index (χ0) is 21.5. The summed E-state index contributed by atoms with van der Waals surface area (Å²) in [4.78, 5) is 25.8. The maximum absolute atomic E-state index is 12.5. The van der Waals surface area contributed by atoms with Crippen LogP contribution < -0.4 is 15.4 Å². The van der Waals surface area contributed by atoms with Gasteiger partial charge in [0.05, 0.1) is 18.6 Å². The molecule has 1 saturated carbocycles. The first-order chi connectivity index (χ1) is 14.5. The van der Waals surface area contributed by atoms with Gasteiger partial charge in [0, 0.05) is 27.6 Å². The number of methoxy groups -OCH3 is 1. The third kappa shape index (κ3) is 6.16. The Labute approximate surface area is 186 Å². The van der Waals surface area contributed by atoms with Crippen LogP contribution in [0.3, 0.4) is 0 Å². The van der Waals surface area contributed by atoms with Crippen molar-refractivity contribution in [3.8, 4) is 5.75 Å². The minimum atomic E-state index is -0.142. The summed E-state index contributed by atoms with van der Waals surface area (Å²) in [5, 5.41) is 6.49. The maximum atomic E-state index is 12.5. The summed E-state index contributed by atoms with van der Waals surface area (Å²) >= 11 is 7.53. The quantitative estimate of drug-likeness (QED) is 0.519. The molecule has 1 aliphatic rings. The van der Waals surface area contributed by atoms with E-state index in [9.17, 15) is 9.59 Å². The largest absolute Gasteiger partial charge is 0.495 e. The summed E-state index contributed by atoms with van der Waals surface area (Å²) in [6.07, 6.45) is 5.41. The Kier molecular flexibility index (Phi) is 8.05. The van der Waals surface area contributed by atoms with Gasteiger partial charge < -0.3 is 15.4 Å². The fraction of sp³-hybridized carbons (Fsp3) is 0.391. The second-order valence-electron chi connectivity index (χ2n) is 7.49. The molecule has 0 unspecified atom stereocenters. The Morgan fingerprint density at radius 3 is 2.63 bits per heavy atom. The molecule has 2 amide bonds. The molecule has 2 aromatic rings. The van der Waals surface area contributed by atoms with E-state index in [0.29, 0.717) is 16.5 Å². The van der Waals surface area contributed by atoms with Crippen LogP contribution in [0.4, 0.5) is 11.4 Å². The third-order valence-electron chi connectivity index (χ3n) is 5.20. The molecule has 0 aliphatic heterocycles. The van der Waals surface area contributed by atoms with Crippen molar-refractivity contribution in [3.05, 3.63) is 47.0 Å². The summed E-state index contributed by atoms with van der Waals surface area (Å²) in [5.74, 6) is 0.830. The van der Waals surface area contributed by atoms with Crippen molar-refractivity contribution >= 4 is 46.6 Å². The molecule has 160 valence electrons. The highest BCUT2D eigenvalue weighted by atomic mass is 35.5. The average Bonchev–Trinajstić information content (AvgIpc) is 2.75. The van der Waals surface area contributed by atoms with Crippen molar-refractivity contribution in [2.45, 2.75) is 43.9 Å².